The van der Waals surface area contributed by atoms with E-state index in [1.807, 2.05) is 0 Å². The topological polar surface area (TPSA) is 163 Å². The summed E-state index contributed by atoms with van der Waals surface area (Å²) in [5, 5.41) is 5.10. The summed E-state index contributed by atoms with van der Waals surface area (Å²) in [7, 11) is -5.17. The summed E-state index contributed by atoms with van der Waals surface area (Å²) >= 11 is 0. The first-order valence-electron chi connectivity index (χ1n) is 11.3. The number of amides is 2. The van der Waals surface area contributed by atoms with Crippen LogP contribution in [0, 0.1) is 0 Å². The van der Waals surface area contributed by atoms with Gasteiger partial charge in [-0.2, -0.15) is 0 Å². The quantitative estimate of drug-likeness (QED) is 0.469. The van der Waals surface area contributed by atoms with Gasteiger partial charge in [0.25, 0.3) is 0 Å². The number of anilines is 2. The highest BCUT2D eigenvalue weighted by molar-refractivity contribution is 7.95. The van der Waals surface area contributed by atoms with E-state index >= 15 is 0 Å². The van der Waals surface area contributed by atoms with Crippen molar-refractivity contribution in [1.29, 1.82) is 0 Å². The number of carbonyl (C=O) groups is 2. The predicted molar refractivity (Wildman–Crippen MR) is 137 cm³/mol. The Hall–Kier alpha value is -2.88. The largest absolute Gasteiger partial charge is 0.593 e. The number of hydrogen-bond acceptors (Lipinski definition) is 8. The second kappa shape index (κ2) is 11.7. The number of benzene rings is 2. The van der Waals surface area contributed by atoms with Gasteiger partial charge in [-0.3, -0.25) is 9.59 Å². The van der Waals surface area contributed by atoms with E-state index in [1.165, 1.54) is 73.1 Å². The molecule has 1 heterocycles. The van der Waals surface area contributed by atoms with Gasteiger partial charge in [-0.15, -0.1) is 8.61 Å². The van der Waals surface area contributed by atoms with Crippen LogP contribution < -0.4 is 20.1 Å². The lowest BCUT2D eigenvalue weighted by Gasteiger charge is -2.28. The highest BCUT2D eigenvalue weighted by atomic mass is 32.3. The highest BCUT2D eigenvalue weighted by Gasteiger charge is 2.38. The fourth-order valence-electron chi connectivity index (χ4n) is 3.92. The number of rotatable bonds is 8. The van der Waals surface area contributed by atoms with Crippen molar-refractivity contribution in [2.45, 2.75) is 30.1 Å². The van der Waals surface area contributed by atoms with Crippen LogP contribution in [0.15, 0.2) is 46.2 Å². The molecule has 0 aromatic heterocycles. The normalized spacial score (nSPS) is 18.1. The molecule has 1 aliphatic rings. The minimum atomic E-state index is -3.99. The van der Waals surface area contributed by atoms with E-state index < -0.39 is 20.8 Å². The van der Waals surface area contributed by atoms with E-state index in [0.29, 0.717) is 11.5 Å². The fourth-order valence-corrected chi connectivity index (χ4v) is 6.91. The van der Waals surface area contributed by atoms with Gasteiger partial charge in [-0.05, 0) is 30.7 Å². The highest BCUT2D eigenvalue weighted by Crippen LogP contribution is 2.34. The second-order valence-electron chi connectivity index (χ2n) is 8.25. The Bertz CT molecular complexity index is 1180. The lowest BCUT2D eigenvalue weighted by Crippen LogP contribution is -2.42. The molecule has 2 N–H and O–H groups in total. The molecule has 14 heteroatoms. The monoisotopic (exact) mass is 554 g/mol. The van der Waals surface area contributed by atoms with Crippen LogP contribution in [0.1, 0.15) is 20.3 Å². The zero-order valence-corrected chi connectivity index (χ0v) is 22.6. The lowest BCUT2D eigenvalue weighted by atomic mass is 10.3. The van der Waals surface area contributed by atoms with Gasteiger partial charge in [0.05, 0.1) is 38.7 Å². The van der Waals surface area contributed by atoms with Crippen LogP contribution in [0.3, 0.4) is 0 Å². The van der Waals surface area contributed by atoms with E-state index in [9.17, 15) is 27.1 Å². The molecule has 2 atom stereocenters. The van der Waals surface area contributed by atoms with Crippen LogP contribution in [0.4, 0.5) is 11.4 Å². The molecule has 0 bridgehead atoms. The lowest BCUT2D eigenvalue weighted by molar-refractivity contribution is -0.115. The maximum absolute atomic E-state index is 13.4. The Kier molecular flexibility index (Phi) is 9.05. The smallest absolute Gasteiger partial charge is 0.221 e. The SMILES string of the molecule is COc1ccc([S+](=O)([O-])N2CCCN([S+](=O)([O-])c3ccc(OC)c(NC(C)=O)c3)CC2)cc1NC(C)=O. The Morgan fingerprint density at radius 3 is 1.46 bits per heavy atom. The molecule has 2 aromatic carbocycles. The van der Waals surface area contributed by atoms with Gasteiger partial charge in [-0.25, -0.2) is 0 Å². The summed E-state index contributed by atoms with van der Waals surface area (Å²) in [5.41, 5.74) is 0.425. The third-order valence-corrected chi connectivity index (χ3v) is 9.44. The molecule has 0 radical (unpaired) electrons. The molecule has 2 unspecified atom stereocenters. The molecule has 12 nitrogen and oxygen atoms in total. The van der Waals surface area contributed by atoms with Gasteiger partial charge in [0.15, 0.2) is 30.6 Å². The third kappa shape index (κ3) is 6.52. The first kappa shape index (κ1) is 28.7. The van der Waals surface area contributed by atoms with E-state index in [2.05, 4.69) is 10.6 Å². The molecule has 37 heavy (non-hydrogen) atoms. The minimum Gasteiger partial charge on any atom is -0.593 e. The van der Waals surface area contributed by atoms with E-state index in [-0.39, 0.29) is 65.6 Å². The van der Waals surface area contributed by atoms with Crippen molar-refractivity contribution >= 4 is 44.0 Å². The summed E-state index contributed by atoms with van der Waals surface area (Å²) in [6.45, 7) is 2.67. The summed E-state index contributed by atoms with van der Waals surface area (Å²) in [5.74, 6) is -0.159. The van der Waals surface area contributed by atoms with Crippen molar-refractivity contribution in [3.63, 3.8) is 0 Å². The zero-order valence-electron chi connectivity index (χ0n) is 21.0. The Labute approximate surface area is 218 Å². The average Bonchev–Trinajstić information content (AvgIpc) is 3.11. The summed E-state index contributed by atoms with van der Waals surface area (Å²) < 4.78 is 66.3. The number of hydrogen-bond donors (Lipinski definition) is 2. The molecule has 0 spiro atoms. The van der Waals surface area contributed by atoms with Gasteiger partial charge in [0.1, 0.15) is 11.5 Å². The number of ether oxygens (including phenoxy) is 2. The summed E-state index contributed by atoms with van der Waals surface area (Å²) in [6, 6.07) is 8.28. The maximum Gasteiger partial charge on any atom is 0.221 e. The van der Waals surface area contributed by atoms with Gasteiger partial charge in [-0.1, -0.05) is 8.42 Å². The Morgan fingerprint density at radius 1 is 0.757 bits per heavy atom. The van der Waals surface area contributed by atoms with Crippen LogP contribution in [-0.4, -0.2) is 69.9 Å². The predicted octanol–water partition coefficient (Wildman–Crippen LogP) is 2.14. The Balaban J connectivity index is 1.83. The fraction of sp³-hybridized carbons (Fsp3) is 0.391. The van der Waals surface area contributed by atoms with Crippen molar-refractivity contribution in [1.82, 2.24) is 8.61 Å². The van der Waals surface area contributed by atoms with Crippen LogP contribution in [-0.2, 0) is 38.8 Å². The molecule has 1 saturated heterocycles. The first-order chi connectivity index (χ1) is 17.4. The van der Waals surface area contributed by atoms with Crippen molar-refractivity contribution < 1.29 is 36.6 Å². The van der Waals surface area contributed by atoms with Crippen LogP contribution in [0.5, 0.6) is 11.5 Å². The van der Waals surface area contributed by atoms with Crippen LogP contribution in [0.25, 0.3) is 0 Å². The van der Waals surface area contributed by atoms with Crippen LogP contribution in [0.2, 0.25) is 0 Å². The summed E-state index contributed by atoms with van der Waals surface area (Å²) in [6.07, 6.45) is 0.266. The van der Waals surface area contributed by atoms with Crippen molar-refractivity contribution in [2.24, 2.45) is 0 Å². The molecule has 0 saturated carbocycles. The van der Waals surface area contributed by atoms with Gasteiger partial charge < -0.3 is 29.2 Å². The molecule has 2 amide bonds. The molecular weight excluding hydrogens is 524 g/mol. The van der Waals surface area contributed by atoms with E-state index in [4.69, 9.17) is 9.47 Å². The third-order valence-electron chi connectivity index (χ3n) is 5.65. The second-order valence-corrected chi connectivity index (χ2v) is 12.1. The van der Waals surface area contributed by atoms with Crippen molar-refractivity contribution in [2.75, 3.05) is 51.0 Å². The molecule has 3 rings (SSSR count). The molecule has 1 fully saturated rings. The standard InChI is InChI=1S/C23H30N4O8S2/c1-16(28)24-20-14-18(6-8-22(20)34-3)36(30,31)26-10-5-11-27(13-12-26)37(32,33)19-7-9-23(35-4)21(15-19)25-17(2)29/h6-9,14-15H,5,10-13H2,1-4H3,(H2-2,24,25,28,29,30,31,32,33). The van der Waals surface area contributed by atoms with Crippen LogP contribution >= 0.6 is 0 Å². The molecular formula is C23H30N4O8S2. The number of nitrogens with one attached hydrogen (secondary N) is 2. The number of methoxy groups -OCH3 is 2. The molecule has 1 aliphatic heterocycles. The van der Waals surface area contributed by atoms with Gasteiger partial charge >= 0.3 is 0 Å². The number of nitrogens with zero attached hydrogens (tertiary/aromatic N) is 2. The zero-order chi connectivity index (χ0) is 27.4. The minimum absolute atomic E-state index is 0.0524. The molecule has 202 valence electrons. The number of sulfonamides is 2. The van der Waals surface area contributed by atoms with Crippen molar-refractivity contribution in [3.05, 3.63) is 36.4 Å². The van der Waals surface area contributed by atoms with E-state index in [0.717, 1.165) is 0 Å². The average molecular weight is 555 g/mol. The molecule has 0 aliphatic carbocycles. The van der Waals surface area contributed by atoms with Gasteiger partial charge in [0.2, 0.25) is 11.8 Å². The number of carbonyl (C=O) groups excluding carboxylic acids is 2. The van der Waals surface area contributed by atoms with Crippen molar-refractivity contribution in [3.8, 4) is 11.5 Å². The first-order valence-corrected chi connectivity index (χ1v) is 14.2. The van der Waals surface area contributed by atoms with E-state index in [1.54, 1.807) is 0 Å². The van der Waals surface area contributed by atoms with Gasteiger partial charge in [0, 0.05) is 39.1 Å². The summed E-state index contributed by atoms with van der Waals surface area (Å²) in [4.78, 5) is 23.0. The molecule has 2 aromatic rings. The Morgan fingerprint density at radius 2 is 1.14 bits per heavy atom. The maximum atomic E-state index is 13.4.